The predicted molar refractivity (Wildman–Crippen MR) is 51.7 cm³/mol. The SMILES string of the molecule is COc1c(SC)ccc(F)c1C(=O)O. The molecule has 1 aromatic rings. The van der Waals surface area contributed by atoms with E-state index in [-0.39, 0.29) is 5.75 Å². The van der Waals surface area contributed by atoms with Crippen molar-refractivity contribution in [3.8, 4) is 5.75 Å². The molecule has 1 rings (SSSR count). The van der Waals surface area contributed by atoms with E-state index in [9.17, 15) is 9.18 Å². The minimum atomic E-state index is -1.32. The molecule has 0 fully saturated rings. The average Bonchev–Trinajstić information content (AvgIpc) is 2.16. The molecule has 0 heterocycles. The first-order valence-electron chi connectivity index (χ1n) is 3.75. The smallest absolute Gasteiger partial charge is 0.342 e. The lowest BCUT2D eigenvalue weighted by atomic mass is 10.2. The van der Waals surface area contributed by atoms with E-state index >= 15 is 0 Å². The third-order valence-electron chi connectivity index (χ3n) is 1.71. The standard InChI is InChI=1S/C9H9FO3S/c1-13-8-6(14-2)4-3-5(10)7(8)9(11)12/h3-4H,1-2H3,(H,11,12). The zero-order chi connectivity index (χ0) is 10.7. The minimum Gasteiger partial charge on any atom is -0.495 e. The fourth-order valence-electron chi connectivity index (χ4n) is 1.10. The van der Waals surface area contributed by atoms with Crippen LogP contribution >= 0.6 is 11.8 Å². The highest BCUT2D eigenvalue weighted by molar-refractivity contribution is 7.98. The second-order valence-corrected chi connectivity index (χ2v) is 3.31. The largest absolute Gasteiger partial charge is 0.495 e. The van der Waals surface area contributed by atoms with Crippen LogP contribution in [0, 0.1) is 5.82 Å². The van der Waals surface area contributed by atoms with Gasteiger partial charge in [0.2, 0.25) is 0 Å². The molecule has 14 heavy (non-hydrogen) atoms. The number of halogens is 1. The Morgan fingerprint density at radius 2 is 2.21 bits per heavy atom. The van der Waals surface area contributed by atoms with Crippen LogP contribution in [0.5, 0.6) is 5.75 Å². The second kappa shape index (κ2) is 4.32. The fraction of sp³-hybridized carbons (Fsp3) is 0.222. The number of hydrogen-bond donors (Lipinski definition) is 1. The molecule has 0 aliphatic carbocycles. The summed E-state index contributed by atoms with van der Waals surface area (Å²) in [5.74, 6) is -2.03. The highest BCUT2D eigenvalue weighted by Crippen LogP contribution is 2.32. The summed E-state index contributed by atoms with van der Waals surface area (Å²) in [6, 6.07) is 2.61. The first-order chi connectivity index (χ1) is 6.61. The highest BCUT2D eigenvalue weighted by atomic mass is 32.2. The molecule has 5 heteroatoms. The van der Waals surface area contributed by atoms with Gasteiger partial charge in [-0.3, -0.25) is 0 Å². The molecule has 0 radical (unpaired) electrons. The van der Waals surface area contributed by atoms with Crippen molar-refractivity contribution < 1.29 is 19.0 Å². The summed E-state index contributed by atoms with van der Waals surface area (Å²) in [6.45, 7) is 0. The number of hydrogen-bond acceptors (Lipinski definition) is 3. The van der Waals surface area contributed by atoms with Crippen LogP contribution in [-0.2, 0) is 0 Å². The number of thioether (sulfide) groups is 1. The molecule has 0 amide bonds. The average molecular weight is 216 g/mol. The molecule has 76 valence electrons. The second-order valence-electron chi connectivity index (χ2n) is 2.46. The molecular formula is C9H9FO3S. The predicted octanol–water partition coefficient (Wildman–Crippen LogP) is 2.25. The topological polar surface area (TPSA) is 46.5 Å². The number of carboxylic acids is 1. The van der Waals surface area contributed by atoms with Crippen molar-refractivity contribution in [2.75, 3.05) is 13.4 Å². The van der Waals surface area contributed by atoms with Gasteiger partial charge in [0.1, 0.15) is 17.1 Å². The quantitative estimate of drug-likeness (QED) is 0.787. The lowest BCUT2D eigenvalue weighted by molar-refractivity contribution is 0.0687. The summed E-state index contributed by atoms with van der Waals surface area (Å²) in [6.07, 6.45) is 1.77. The number of methoxy groups -OCH3 is 1. The van der Waals surface area contributed by atoms with Gasteiger partial charge in [-0.2, -0.15) is 0 Å². The number of benzene rings is 1. The molecule has 0 saturated heterocycles. The molecule has 0 aromatic heterocycles. The van der Waals surface area contributed by atoms with Gasteiger partial charge in [0.25, 0.3) is 0 Å². The van der Waals surface area contributed by atoms with Crippen LogP contribution in [0.4, 0.5) is 4.39 Å². The van der Waals surface area contributed by atoms with Crippen LogP contribution in [0.25, 0.3) is 0 Å². The Balaban J connectivity index is 3.42. The third kappa shape index (κ3) is 1.82. The monoisotopic (exact) mass is 216 g/mol. The van der Waals surface area contributed by atoms with Gasteiger partial charge in [-0.25, -0.2) is 9.18 Å². The van der Waals surface area contributed by atoms with Gasteiger partial charge in [0.15, 0.2) is 0 Å². The van der Waals surface area contributed by atoms with Gasteiger partial charge in [-0.05, 0) is 18.4 Å². The Morgan fingerprint density at radius 3 is 2.64 bits per heavy atom. The molecule has 0 aliphatic rings. The van der Waals surface area contributed by atoms with Crippen molar-refractivity contribution in [2.45, 2.75) is 4.90 Å². The molecule has 0 unspecified atom stereocenters. The molecule has 0 atom stereocenters. The zero-order valence-corrected chi connectivity index (χ0v) is 8.52. The van der Waals surface area contributed by atoms with Gasteiger partial charge >= 0.3 is 5.97 Å². The van der Waals surface area contributed by atoms with Crippen LogP contribution in [0.1, 0.15) is 10.4 Å². The Hall–Kier alpha value is -1.23. The van der Waals surface area contributed by atoms with Gasteiger partial charge < -0.3 is 9.84 Å². The summed E-state index contributed by atoms with van der Waals surface area (Å²) in [5.41, 5.74) is -0.417. The molecule has 0 saturated carbocycles. The Bertz CT molecular complexity index is 365. The minimum absolute atomic E-state index is 0.0741. The lowest BCUT2D eigenvalue weighted by Crippen LogP contribution is -2.04. The van der Waals surface area contributed by atoms with Gasteiger partial charge in [-0.1, -0.05) is 0 Å². The number of rotatable bonds is 3. The summed E-state index contributed by atoms with van der Waals surface area (Å²) in [5, 5.41) is 8.77. The lowest BCUT2D eigenvalue weighted by Gasteiger charge is -2.09. The number of carbonyl (C=O) groups is 1. The summed E-state index contributed by atoms with van der Waals surface area (Å²) in [4.78, 5) is 11.3. The Morgan fingerprint density at radius 1 is 1.57 bits per heavy atom. The zero-order valence-electron chi connectivity index (χ0n) is 7.70. The number of aromatic carboxylic acids is 1. The van der Waals surface area contributed by atoms with E-state index < -0.39 is 17.3 Å². The third-order valence-corrected chi connectivity index (χ3v) is 2.47. The maximum atomic E-state index is 13.1. The number of carboxylic acid groups (broad SMARTS) is 1. The van der Waals surface area contributed by atoms with Crippen LogP contribution in [-0.4, -0.2) is 24.4 Å². The van der Waals surface area contributed by atoms with Crippen molar-refractivity contribution in [3.63, 3.8) is 0 Å². The van der Waals surface area contributed by atoms with E-state index in [4.69, 9.17) is 9.84 Å². The molecule has 0 bridgehead atoms. The Labute approximate surface area is 84.9 Å². The number of ether oxygens (including phenoxy) is 1. The van der Waals surface area contributed by atoms with E-state index in [1.165, 1.54) is 24.9 Å². The maximum absolute atomic E-state index is 13.1. The molecular weight excluding hydrogens is 207 g/mol. The van der Waals surface area contributed by atoms with E-state index in [1.54, 1.807) is 6.26 Å². The fourth-order valence-corrected chi connectivity index (χ4v) is 1.68. The van der Waals surface area contributed by atoms with Crippen LogP contribution in [0.2, 0.25) is 0 Å². The summed E-state index contributed by atoms with van der Waals surface area (Å²) >= 11 is 1.31. The first kappa shape index (κ1) is 10.8. The molecule has 0 aliphatic heterocycles. The molecule has 3 nitrogen and oxygen atoms in total. The van der Waals surface area contributed by atoms with Crippen LogP contribution < -0.4 is 4.74 Å². The summed E-state index contributed by atoms with van der Waals surface area (Å²) < 4.78 is 18.0. The van der Waals surface area contributed by atoms with E-state index in [0.717, 1.165) is 6.07 Å². The van der Waals surface area contributed by atoms with Crippen molar-refractivity contribution in [1.29, 1.82) is 0 Å². The van der Waals surface area contributed by atoms with Crippen molar-refractivity contribution in [2.24, 2.45) is 0 Å². The van der Waals surface area contributed by atoms with Crippen molar-refractivity contribution >= 4 is 17.7 Å². The normalized spacial score (nSPS) is 9.93. The van der Waals surface area contributed by atoms with Gasteiger partial charge in [-0.15, -0.1) is 11.8 Å². The van der Waals surface area contributed by atoms with Crippen LogP contribution in [0.15, 0.2) is 17.0 Å². The van der Waals surface area contributed by atoms with Gasteiger partial charge in [0.05, 0.1) is 12.0 Å². The van der Waals surface area contributed by atoms with E-state index in [0.29, 0.717) is 4.90 Å². The first-order valence-corrected chi connectivity index (χ1v) is 4.98. The van der Waals surface area contributed by atoms with Crippen LogP contribution in [0.3, 0.4) is 0 Å². The maximum Gasteiger partial charge on any atom is 0.342 e. The molecule has 1 aromatic carbocycles. The van der Waals surface area contributed by atoms with Crippen molar-refractivity contribution in [1.82, 2.24) is 0 Å². The summed E-state index contributed by atoms with van der Waals surface area (Å²) in [7, 11) is 1.32. The van der Waals surface area contributed by atoms with E-state index in [2.05, 4.69) is 0 Å². The van der Waals surface area contributed by atoms with Crippen molar-refractivity contribution in [3.05, 3.63) is 23.5 Å². The Kier molecular flexibility index (Phi) is 3.35. The molecule has 0 spiro atoms. The van der Waals surface area contributed by atoms with E-state index in [1.807, 2.05) is 0 Å². The van der Waals surface area contributed by atoms with Gasteiger partial charge in [0, 0.05) is 0 Å². The molecule has 1 N–H and O–H groups in total. The highest BCUT2D eigenvalue weighted by Gasteiger charge is 2.19.